The second kappa shape index (κ2) is 8.67. The zero-order valence-corrected chi connectivity index (χ0v) is 14.8. The summed E-state index contributed by atoms with van der Waals surface area (Å²) in [7, 11) is 1.62. The minimum Gasteiger partial charge on any atom is -0.497 e. The number of nitrogens with zero attached hydrogens (tertiary/aromatic N) is 1. The smallest absolute Gasteiger partial charge is 0.251 e. The fraction of sp³-hybridized carbons (Fsp3) is 0.381. The van der Waals surface area contributed by atoms with Gasteiger partial charge >= 0.3 is 0 Å². The van der Waals surface area contributed by atoms with Gasteiger partial charge in [-0.2, -0.15) is 0 Å². The summed E-state index contributed by atoms with van der Waals surface area (Å²) >= 11 is 0. The molecule has 1 saturated heterocycles. The lowest BCUT2D eigenvalue weighted by Gasteiger charge is -2.27. The summed E-state index contributed by atoms with van der Waals surface area (Å²) in [5, 5.41) is 3.03. The Balaban J connectivity index is 1.61. The molecule has 0 aromatic heterocycles. The Labute approximate surface area is 149 Å². The average Bonchev–Trinajstić information content (AvgIpc) is 2.68. The molecular formula is C21H26N2O2. The number of benzene rings is 2. The van der Waals surface area contributed by atoms with Crippen molar-refractivity contribution in [2.75, 3.05) is 20.2 Å². The van der Waals surface area contributed by atoms with Gasteiger partial charge in [-0.15, -0.1) is 0 Å². The number of likely N-dealkylation sites (tertiary alicyclic amines) is 1. The molecule has 1 aliphatic rings. The van der Waals surface area contributed by atoms with Gasteiger partial charge in [-0.3, -0.25) is 9.69 Å². The number of methoxy groups -OCH3 is 1. The lowest BCUT2D eigenvalue weighted by molar-refractivity contribution is 0.0950. The van der Waals surface area contributed by atoms with Crippen LogP contribution in [0.3, 0.4) is 0 Å². The van der Waals surface area contributed by atoms with Gasteiger partial charge in [0.05, 0.1) is 7.11 Å². The Morgan fingerprint density at radius 3 is 2.36 bits per heavy atom. The maximum atomic E-state index is 12.4. The fourth-order valence-corrected chi connectivity index (χ4v) is 3.26. The van der Waals surface area contributed by atoms with Crippen molar-refractivity contribution >= 4 is 5.91 Å². The second-order valence-corrected chi connectivity index (χ2v) is 6.52. The van der Waals surface area contributed by atoms with Crippen molar-refractivity contribution in [3.63, 3.8) is 0 Å². The topological polar surface area (TPSA) is 41.6 Å². The third kappa shape index (κ3) is 4.83. The number of rotatable bonds is 6. The van der Waals surface area contributed by atoms with Crippen LogP contribution < -0.4 is 10.1 Å². The summed E-state index contributed by atoms with van der Waals surface area (Å²) in [4.78, 5) is 14.9. The van der Waals surface area contributed by atoms with Gasteiger partial charge in [0.15, 0.2) is 0 Å². The molecule has 1 aliphatic heterocycles. The predicted octanol–water partition coefficient (Wildman–Crippen LogP) is 3.61. The van der Waals surface area contributed by atoms with E-state index < -0.39 is 0 Å². The van der Waals surface area contributed by atoms with Gasteiger partial charge < -0.3 is 10.1 Å². The third-order valence-electron chi connectivity index (χ3n) is 4.75. The van der Waals surface area contributed by atoms with Crippen molar-refractivity contribution in [3.8, 4) is 5.75 Å². The molecule has 25 heavy (non-hydrogen) atoms. The first-order valence-corrected chi connectivity index (χ1v) is 8.97. The number of carbonyl (C=O) groups excluding carboxylic acids is 1. The van der Waals surface area contributed by atoms with E-state index in [-0.39, 0.29) is 5.91 Å². The van der Waals surface area contributed by atoms with Crippen LogP contribution in [-0.2, 0) is 13.1 Å². The predicted molar refractivity (Wildman–Crippen MR) is 99.7 cm³/mol. The van der Waals surface area contributed by atoms with Crippen LogP contribution in [0.2, 0.25) is 0 Å². The molecule has 4 nitrogen and oxygen atoms in total. The lowest BCUT2D eigenvalue weighted by Crippen LogP contribution is -2.30. The van der Waals surface area contributed by atoms with E-state index in [2.05, 4.69) is 28.4 Å². The van der Waals surface area contributed by atoms with Crippen LogP contribution in [0.4, 0.5) is 0 Å². The Bertz CT molecular complexity index is 691. The molecule has 0 spiro atoms. The zero-order chi connectivity index (χ0) is 17.5. The van der Waals surface area contributed by atoms with E-state index in [1.54, 1.807) is 31.4 Å². The van der Waals surface area contributed by atoms with Gasteiger partial charge in [0, 0.05) is 18.7 Å². The van der Waals surface area contributed by atoms with Crippen molar-refractivity contribution in [1.82, 2.24) is 10.2 Å². The molecule has 0 atom stereocenters. The molecule has 1 heterocycles. The lowest BCUT2D eigenvalue weighted by atomic mass is 10.0. The van der Waals surface area contributed by atoms with E-state index in [1.807, 2.05) is 6.07 Å². The minimum absolute atomic E-state index is 0.0598. The Hall–Kier alpha value is -2.33. The van der Waals surface area contributed by atoms with Gasteiger partial charge in [0.2, 0.25) is 0 Å². The van der Waals surface area contributed by atoms with Crippen molar-refractivity contribution in [2.24, 2.45) is 0 Å². The van der Waals surface area contributed by atoms with Crippen LogP contribution in [0.1, 0.15) is 40.7 Å². The molecule has 4 heteroatoms. The fourth-order valence-electron chi connectivity index (χ4n) is 3.26. The van der Waals surface area contributed by atoms with E-state index in [0.717, 1.165) is 12.3 Å². The summed E-state index contributed by atoms with van der Waals surface area (Å²) in [6, 6.07) is 15.6. The first-order valence-electron chi connectivity index (χ1n) is 8.97. The summed E-state index contributed by atoms with van der Waals surface area (Å²) in [5.74, 6) is 0.693. The maximum absolute atomic E-state index is 12.4. The Kier molecular flexibility index (Phi) is 6.07. The van der Waals surface area contributed by atoms with E-state index in [0.29, 0.717) is 12.1 Å². The molecule has 1 amide bonds. The van der Waals surface area contributed by atoms with Crippen LogP contribution in [0.15, 0.2) is 48.5 Å². The quantitative estimate of drug-likeness (QED) is 0.875. The number of ether oxygens (including phenoxy) is 1. The molecule has 2 aromatic rings. The minimum atomic E-state index is -0.0598. The van der Waals surface area contributed by atoms with Gasteiger partial charge in [-0.05, 0) is 61.3 Å². The standard InChI is InChI=1S/C21H26N2O2/c1-25-20-11-9-17(10-12-20)21(24)22-15-18-7-3-4-8-19(18)16-23-13-5-2-6-14-23/h3-4,7-12H,2,5-6,13-16H2,1H3,(H,22,24). The molecule has 3 rings (SSSR count). The van der Waals surface area contributed by atoms with E-state index in [4.69, 9.17) is 4.74 Å². The van der Waals surface area contributed by atoms with Crippen LogP contribution in [0.25, 0.3) is 0 Å². The van der Waals surface area contributed by atoms with Gasteiger partial charge in [0.25, 0.3) is 5.91 Å². The number of nitrogens with one attached hydrogen (secondary N) is 1. The van der Waals surface area contributed by atoms with Crippen LogP contribution in [0.5, 0.6) is 5.75 Å². The van der Waals surface area contributed by atoms with Crippen LogP contribution in [0, 0.1) is 0 Å². The highest BCUT2D eigenvalue weighted by molar-refractivity contribution is 5.94. The normalized spacial score (nSPS) is 14.9. The van der Waals surface area contributed by atoms with Gasteiger partial charge in [-0.25, -0.2) is 0 Å². The van der Waals surface area contributed by atoms with E-state index in [9.17, 15) is 4.79 Å². The highest BCUT2D eigenvalue weighted by atomic mass is 16.5. The second-order valence-electron chi connectivity index (χ2n) is 6.52. The number of hydrogen-bond acceptors (Lipinski definition) is 3. The molecule has 132 valence electrons. The molecule has 0 bridgehead atoms. The number of carbonyl (C=O) groups is 1. The largest absolute Gasteiger partial charge is 0.497 e. The number of hydrogen-bond donors (Lipinski definition) is 1. The summed E-state index contributed by atoms with van der Waals surface area (Å²) in [6.45, 7) is 3.86. The molecule has 0 aliphatic carbocycles. The van der Waals surface area contributed by atoms with E-state index >= 15 is 0 Å². The number of piperidine rings is 1. The SMILES string of the molecule is COc1ccc(C(=O)NCc2ccccc2CN2CCCCC2)cc1. The van der Waals surface area contributed by atoms with Gasteiger partial charge in [-0.1, -0.05) is 30.7 Å². The number of amides is 1. The molecule has 1 N–H and O–H groups in total. The summed E-state index contributed by atoms with van der Waals surface area (Å²) in [5.41, 5.74) is 3.14. The van der Waals surface area contributed by atoms with Crippen molar-refractivity contribution in [2.45, 2.75) is 32.4 Å². The molecule has 0 radical (unpaired) electrons. The monoisotopic (exact) mass is 338 g/mol. The highest BCUT2D eigenvalue weighted by Crippen LogP contribution is 2.16. The molecule has 0 unspecified atom stereocenters. The van der Waals surface area contributed by atoms with Crippen molar-refractivity contribution in [1.29, 1.82) is 0 Å². The highest BCUT2D eigenvalue weighted by Gasteiger charge is 2.13. The average molecular weight is 338 g/mol. The van der Waals surface area contributed by atoms with Crippen molar-refractivity contribution < 1.29 is 9.53 Å². The maximum Gasteiger partial charge on any atom is 0.251 e. The zero-order valence-electron chi connectivity index (χ0n) is 14.8. The first-order chi connectivity index (χ1) is 12.3. The van der Waals surface area contributed by atoms with Crippen LogP contribution in [-0.4, -0.2) is 31.0 Å². The Morgan fingerprint density at radius 1 is 1.00 bits per heavy atom. The van der Waals surface area contributed by atoms with Gasteiger partial charge in [0.1, 0.15) is 5.75 Å². The summed E-state index contributed by atoms with van der Waals surface area (Å²) in [6.07, 6.45) is 3.92. The molecular weight excluding hydrogens is 312 g/mol. The molecule has 1 fully saturated rings. The van der Waals surface area contributed by atoms with E-state index in [1.165, 1.54) is 43.5 Å². The third-order valence-corrected chi connectivity index (χ3v) is 4.75. The molecule has 0 saturated carbocycles. The Morgan fingerprint density at radius 2 is 1.68 bits per heavy atom. The summed E-state index contributed by atoms with van der Waals surface area (Å²) < 4.78 is 5.13. The first kappa shape index (κ1) is 17.5. The van der Waals surface area contributed by atoms with Crippen molar-refractivity contribution in [3.05, 3.63) is 65.2 Å². The molecule has 2 aromatic carbocycles. The van der Waals surface area contributed by atoms with Crippen LogP contribution >= 0.6 is 0 Å².